The lowest BCUT2D eigenvalue weighted by Crippen LogP contribution is -2.54. The van der Waals surface area contributed by atoms with Crippen molar-refractivity contribution in [3.8, 4) is 0 Å². The van der Waals surface area contributed by atoms with E-state index in [9.17, 15) is 9.59 Å². The summed E-state index contributed by atoms with van der Waals surface area (Å²) in [7, 11) is 1.69. The molecule has 1 aliphatic heterocycles. The van der Waals surface area contributed by atoms with E-state index in [1.807, 2.05) is 11.8 Å². The lowest BCUT2D eigenvalue weighted by Gasteiger charge is -2.40. The van der Waals surface area contributed by atoms with Gasteiger partial charge >= 0.3 is 12.0 Å². The first-order valence-corrected chi connectivity index (χ1v) is 7.77. The molecular formula is C15H26N2O4. The summed E-state index contributed by atoms with van der Waals surface area (Å²) in [5.41, 5.74) is -0.253. The molecule has 0 spiro atoms. The third-order valence-corrected chi connectivity index (χ3v) is 4.84. The van der Waals surface area contributed by atoms with Gasteiger partial charge in [0.05, 0.1) is 18.1 Å². The molecule has 1 heterocycles. The molecule has 1 atom stereocenters. The second-order valence-electron chi connectivity index (χ2n) is 6.52. The van der Waals surface area contributed by atoms with Gasteiger partial charge in [-0.2, -0.15) is 0 Å². The maximum absolute atomic E-state index is 12.3. The highest BCUT2D eigenvalue weighted by Crippen LogP contribution is 2.26. The lowest BCUT2D eigenvalue weighted by molar-refractivity contribution is -0.142. The van der Waals surface area contributed by atoms with Crippen LogP contribution in [0.25, 0.3) is 0 Å². The van der Waals surface area contributed by atoms with E-state index < -0.39 is 5.97 Å². The van der Waals surface area contributed by atoms with E-state index in [4.69, 9.17) is 9.84 Å². The van der Waals surface area contributed by atoms with E-state index in [1.54, 1.807) is 7.11 Å². The summed E-state index contributed by atoms with van der Waals surface area (Å²) < 4.78 is 5.50. The number of likely N-dealkylation sites (tertiary alicyclic amines) is 1. The largest absolute Gasteiger partial charge is 0.481 e. The van der Waals surface area contributed by atoms with Gasteiger partial charge in [-0.05, 0) is 45.4 Å². The number of carbonyl (C=O) groups is 2. The number of aliphatic carboxylic acids is 1. The molecule has 6 heteroatoms. The van der Waals surface area contributed by atoms with Gasteiger partial charge in [-0.1, -0.05) is 0 Å². The molecule has 120 valence electrons. The zero-order chi connectivity index (χ0) is 15.5. The van der Waals surface area contributed by atoms with Crippen molar-refractivity contribution < 1.29 is 19.4 Å². The molecule has 1 unspecified atom stereocenters. The van der Waals surface area contributed by atoms with Crippen molar-refractivity contribution in [2.24, 2.45) is 5.92 Å². The van der Waals surface area contributed by atoms with Crippen molar-refractivity contribution in [2.45, 2.75) is 57.1 Å². The number of rotatable bonds is 3. The molecule has 2 amide bonds. The predicted octanol–water partition coefficient (Wildman–Crippen LogP) is 1.84. The summed E-state index contributed by atoms with van der Waals surface area (Å²) in [6.07, 6.45) is 4.71. The molecule has 2 fully saturated rings. The summed E-state index contributed by atoms with van der Waals surface area (Å²) in [6.45, 7) is 3.40. The SMILES string of the molecule is COC1(C)CCCN(C(=O)NC2CCC(C(=O)O)CC2)C1. The topological polar surface area (TPSA) is 78.9 Å². The molecule has 1 aliphatic carbocycles. The van der Waals surface area contributed by atoms with E-state index in [0.717, 1.165) is 32.2 Å². The van der Waals surface area contributed by atoms with Gasteiger partial charge in [0, 0.05) is 19.7 Å². The van der Waals surface area contributed by atoms with Gasteiger partial charge in [0.2, 0.25) is 0 Å². The quantitative estimate of drug-likeness (QED) is 0.833. The van der Waals surface area contributed by atoms with Crippen LogP contribution < -0.4 is 5.32 Å². The number of hydrogen-bond donors (Lipinski definition) is 2. The Morgan fingerprint density at radius 3 is 2.52 bits per heavy atom. The Hall–Kier alpha value is -1.30. The zero-order valence-electron chi connectivity index (χ0n) is 12.9. The average molecular weight is 298 g/mol. The lowest BCUT2D eigenvalue weighted by atomic mass is 9.86. The van der Waals surface area contributed by atoms with Gasteiger partial charge in [-0.15, -0.1) is 0 Å². The van der Waals surface area contributed by atoms with E-state index in [1.165, 1.54) is 0 Å². The number of nitrogens with zero attached hydrogens (tertiary/aromatic N) is 1. The molecule has 1 saturated heterocycles. The van der Waals surface area contributed by atoms with Crippen molar-refractivity contribution in [3.05, 3.63) is 0 Å². The first kappa shape index (κ1) is 16.1. The van der Waals surface area contributed by atoms with Crippen LogP contribution in [0.3, 0.4) is 0 Å². The minimum Gasteiger partial charge on any atom is -0.481 e. The van der Waals surface area contributed by atoms with Gasteiger partial charge in [0.1, 0.15) is 0 Å². The Morgan fingerprint density at radius 2 is 1.95 bits per heavy atom. The minimum absolute atomic E-state index is 0.0447. The van der Waals surface area contributed by atoms with Crippen LogP contribution in [-0.4, -0.2) is 53.8 Å². The van der Waals surface area contributed by atoms with Crippen LogP contribution in [0.2, 0.25) is 0 Å². The van der Waals surface area contributed by atoms with E-state index >= 15 is 0 Å². The van der Waals surface area contributed by atoms with Crippen LogP contribution in [0.1, 0.15) is 45.4 Å². The molecular weight excluding hydrogens is 272 g/mol. The molecule has 0 bridgehead atoms. The van der Waals surface area contributed by atoms with Crippen LogP contribution in [0.5, 0.6) is 0 Å². The first-order chi connectivity index (χ1) is 9.93. The zero-order valence-corrected chi connectivity index (χ0v) is 12.9. The monoisotopic (exact) mass is 298 g/mol. The molecule has 6 nitrogen and oxygen atoms in total. The predicted molar refractivity (Wildman–Crippen MR) is 78.1 cm³/mol. The normalized spacial score (nSPS) is 33.5. The smallest absolute Gasteiger partial charge is 0.317 e. The van der Waals surface area contributed by atoms with Crippen molar-refractivity contribution in [1.82, 2.24) is 10.2 Å². The number of urea groups is 1. The standard InChI is InChI=1S/C15H26N2O4/c1-15(21-2)8-3-9-17(10-15)14(20)16-12-6-4-11(5-7-12)13(18)19/h11-12H,3-10H2,1-2H3,(H,16,20)(H,18,19). The van der Waals surface area contributed by atoms with Crippen LogP contribution in [-0.2, 0) is 9.53 Å². The van der Waals surface area contributed by atoms with E-state index in [0.29, 0.717) is 19.4 Å². The fourth-order valence-electron chi connectivity index (χ4n) is 3.30. The first-order valence-electron chi connectivity index (χ1n) is 7.77. The number of piperidine rings is 1. The Labute approximate surface area is 125 Å². The van der Waals surface area contributed by atoms with Gasteiger partial charge < -0.3 is 20.1 Å². The van der Waals surface area contributed by atoms with E-state index in [2.05, 4.69) is 5.32 Å². The number of carboxylic acids is 1. The molecule has 0 aromatic heterocycles. The van der Waals surface area contributed by atoms with E-state index in [-0.39, 0.29) is 23.6 Å². The van der Waals surface area contributed by atoms with Crippen molar-refractivity contribution in [3.63, 3.8) is 0 Å². The minimum atomic E-state index is -0.716. The van der Waals surface area contributed by atoms with Gasteiger partial charge in [0.25, 0.3) is 0 Å². The van der Waals surface area contributed by atoms with Crippen LogP contribution >= 0.6 is 0 Å². The number of carboxylic acid groups (broad SMARTS) is 1. The molecule has 0 radical (unpaired) electrons. The molecule has 0 aromatic carbocycles. The number of amides is 2. The molecule has 2 aliphatic rings. The van der Waals surface area contributed by atoms with Gasteiger partial charge in [0.15, 0.2) is 0 Å². The molecule has 2 rings (SSSR count). The number of carbonyl (C=O) groups excluding carboxylic acids is 1. The maximum Gasteiger partial charge on any atom is 0.317 e. The second kappa shape index (κ2) is 6.64. The Kier molecular flexibility index (Phi) is 5.08. The number of ether oxygens (including phenoxy) is 1. The molecule has 2 N–H and O–H groups in total. The van der Waals surface area contributed by atoms with Gasteiger partial charge in [-0.25, -0.2) is 4.79 Å². The summed E-state index contributed by atoms with van der Waals surface area (Å²) in [4.78, 5) is 25.1. The summed E-state index contributed by atoms with van der Waals surface area (Å²) in [6, 6.07) is 0.0561. The average Bonchev–Trinajstić information content (AvgIpc) is 2.48. The Balaban J connectivity index is 1.81. The third-order valence-electron chi connectivity index (χ3n) is 4.84. The van der Waals surface area contributed by atoms with Crippen LogP contribution in [0.15, 0.2) is 0 Å². The molecule has 0 aromatic rings. The van der Waals surface area contributed by atoms with Crippen molar-refractivity contribution in [2.75, 3.05) is 20.2 Å². The number of methoxy groups -OCH3 is 1. The van der Waals surface area contributed by atoms with Crippen molar-refractivity contribution >= 4 is 12.0 Å². The highest BCUT2D eigenvalue weighted by atomic mass is 16.5. The highest BCUT2D eigenvalue weighted by Gasteiger charge is 2.34. The number of nitrogens with one attached hydrogen (secondary N) is 1. The Morgan fingerprint density at radius 1 is 1.29 bits per heavy atom. The highest BCUT2D eigenvalue weighted by molar-refractivity contribution is 5.75. The fraction of sp³-hybridized carbons (Fsp3) is 0.867. The maximum atomic E-state index is 12.3. The van der Waals surface area contributed by atoms with Crippen LogP contribution in [0.4, 0.5) is 4.79 Å². The summed E-state index contributed by atoms with van der Waals surface area (Å²) in [5.74, 6) is -0.961. The fourth-order valence-corrected chi connectivity index (χ4v) is 3.30. The van der Waals surface area contributed by atoms with Crippen molar-refractivity contribution in [1.29, 1.82) is 0 Å². The molecule has 21 heavy (non-hydrogen) atoms. The summed E-state index contributed by atoms with van der Waals surface area (Å²) >= 11 is 0. The van der Waals surface area contributed by atoms with Crippen LogP contribution in [0, 0.1) is 5.92 Å². The summed E-state index contributed by atoms with van der Waals surface area (Å²) in [5, 5.41) is 12.0. The molecule has 1 saturated carbocycles. The van der Waals surface area contributed by atoms with Gasteiger partial charge in [-0.3, -0.25) is 4.79 Å². The Bertz CT molecular complexity index is 393. The number of hydrogen-bond acceptors (Lipinski definition) is 3. The second-order valence-corrected chi connectivity index (χ2v) is 6.52. The third kappa shape index (κ3) is 4.09.